The van der Waals surface area contributed by atoms with E-state index >= 15 is 0 Å². The largest absolute Gasteiger partial charge is 0.304 e. The average Bonchev–Trinajstić information content (AvgIpc) is 3.19. The molecule has 2 aromatic rings. The molecule has 6 heteroatoms. The highest BCUT2D eigenvalue weighted by Gasteiger charge is 2.33. The molecule has 0 aromatic heterocycles. The van der Waals surface area contributed by atoms with Crippen molar-refractivity contribution in [2.45, 2.75) is 37.2 Å². The summed E-state index contributed by atoms with van der Waals surface area (Å²) >= 11 is 0. The molecule has 4 rings (SSSR count). The molecule has 1 atom stereocenters. The molecule has 0 N–H and O–H groups in total. The zero-order valence-electron chi connectivity index (χ0n) is 14.1. The summed E-state index contributed by atoms with van der Waals surface area (Å²) in [6.07, 6.45) is 1.80. The second kappa shape index (κ2) is 5.97. The fourth-order valence-electron chi connectivity index (χ4n) is 3.66. The van der Waals surface area contributed by atoms with Gasteiger partial charge in [-0.3, -0.25) is 4.79 Å². The van der Waals surface area contributed by atoms with Crippen LogP contribution in [0.5, 0.6) is 0 Å². The predicted molar refractivity (Wildman–Crippen MR) is 96.0 cm³/mol. The molecule has 0 radical (unpaired) electrons. The summed E-state index contributed by atoms with van der Waals surface area (Å²) in [6, 6.07) is 14.2. The molecule has 1 fully saturated rings. The molecule has 0 unspecified atom stereocenters. The summed E-state index contributed by atoms with van der Waals surface area (Å²) in [7, 11) is -3.47. The van der Waals surface area contributed by atoms with Gasteiger partial charge in [-0.25, -0.2) is 8.42 Å². The normalized spacial score (nSPS) is 20.9. The van der Waals surface area contributed by atoms with Crippen LogP contribution in [0.3, 0.4) is 0 Å². The van der Waals surface area contributed by atoms with E-state index in [4.69, 9.17) is 0 Å². The summed E-state index contributed by atoms with van der Waals surface area (Å²) in [4.78, 5) is 14.5. The molecule has 130 valence electrons. The number of benzene rings is 2. The van der Waals surface area contributed by atoms with Crippen molar-refractivity contribution in [2.75, 3.05) is 11.4 Å². The Morgan fingerprint density at radius 2 is 1.76 bits per heavy atom. The van der Waals surface area contributed by atoms with Gasteiger partial charge in [0.15, 0.2) is 0 Å². The zero-order chi connectivity index (χ0) is 17.6. The van der Waals surface area contributed by atoms with Crippen molar-refractivity contribution in [3.8, 4) is 0 Å². The number of hydrogen-bond donors (Lipinski definition) is 0. The topological polar surface area (TPSA) is 57.7 Å². The Morgan fingerprint density at radius 3 is 2.40 bits per heavy atom. The third-order valence-electron chi connectivity index (χ3n) is 5.07. The number of anilines is 1. The zero-order valence-corrected chi connectivity index (χ0v) is 14.9. The molecule has 0 bridgehead atoms. The lowest BCUT2D eigenvalue weighted by Crippen LogP contribution is -2.33. The molecule has 2 aliphatic rings. The maximum atomic E-state index is 12.8. The Hall–Kier alpha value is -2.18. The molecule has 25 heavy (non-hydrogen) atoms. The molecule has 5 nitrogen and oxygen atoms in total. The number of carbonyl (C=O) groups excluding carboxylic acids is 1. The number of nitrogens with zero attached hydrogens (tertiary/aromatic N) is 2. The number of hydrogen-bond acceptors (Lipinski definition) is 3. The van der Waals surface area contributed by atoms with Gasteiger partial charge in [0.25, 0.3) is 5.91 Å². The van der Waals surface area contributed by atoms with Crippen LogP contribution in [0.4, 0.5) is 5.69 Å². The van der Waals surface area contributed by atoms with Gasteiger partial charge in [0.2, 0.25) is 10.0 Å². The van der Waals surface area contributed by atoms with E-state index in [9.17, 15) is 13.2 Å². The van der Waals surface area contributed by atoms with Crippen LogP contribution >= 0.6 is 0 Å². The summed E-state index contributed by atoms with van der Waals surface area (Å²) < 4.78 is 27.1. The molecule has 0 aliphatic carbocycles. The Labute approximate surface area is 147 Å². The molecular weight excluding hydrogens is 336 g/mol. The van der Waals surface area contributed by atoms with Gasteiger partial charge in [-0.05, 0) is 55.7 Å². The number of fused-ring (bicyclic) bond motifs is 1. The van der Waals surface area contributed by atoms with Gasteiger partial charge in [0, 0.05) is 23.8 Å². The minimum absolute atomic E-state index is 0.0411. The molecule has 2 heterocycles. The van der Waals surface area contributed by atoms with Crippen LogP contribution in [0, 0.1) is 0 Å². The summed E-state index contributed by atoms with van der Waals surface area (Å²) in [5.41, 5.74) is 2.43. The minimum atomic E-state index is -3.47. The fraction of sp³-hybridized carbons (Fsp3) is 0.316. The smallest absolute Gasteiger partial charge is 0.258 e. The highest BCUT2D eigenvalue weighted by atomic mass is 32.2. The highest BCUT2D eigenvalue weighted by molar-refractivity contribution is 7.89. The first kappa shape index (κ1) is 16.3. The highest BCUT2D eigenvalue weighted by Crippen LogP contribution is 2.30. The van der Waals surface area contributed by atoms with Gasteiger partial charge < -0.3 is 4.90 Å². The Balaban J connectivity index is 1.60. The van der Waals surface area contributed by atoms with Gasteiger partial charge in [-0.15, -0.1) is 0 Å². The minimum Gasteiger partial charge on any atom is -0.304 e. The summed E-state index contributed by atoms with van der Waals surface area (Å²) in [5, 5.41) is 0. The summed E-state index contributed by atoms with van der Waals surface area (Å²) in [6.45, 7) is 3.04. The second-order valence-corrected chi connectivity index (χ2v) is 8.54. The predicted octanol–water partition coefficient (Wildman–Crippen LogP) is 3.02. The van der Waals surface area contributed by atoms with Crippen molar-refractivity contribution in [3.63, 3.8) is 0 Å². The Morgan fingerprint density at radius 1 is 1.04 bits per heavy atom. The molecular formula is C19H20N2O3S. The van der Waals surface area contributed by atoms with Gasteiger partial charge in [0.05, 0.1) is 11.4 Å². The number of rotatable bonds is 3. The van der Waals surface area contributed by atoms with Crippen LogP contribution in [-0.4, -0.2) is 31.2 Å². The number of sulfonamides is 1. The van der Waals surface area contributed by atoms with Gasteiger partial charge in [-0.1, -0.05) is 18.2 Å². The molecule has 1 amide bonds. The maximum Gasteiger partial charge on any atom is 0.258 e. The van der Waals surface area contributed by atoms with Crippen LogP contribution in [0.15, 0.2) is 53.4 Å². The second-order valence-electron chi connectivity index (χ2n) is 6.65. The van der Waals surface area contributed by atoms with Crippen molar-refractivity contribution < 1.29 is 13.2 Å². The average molecular weight is 356 g/mol. The lowest BCUT2D eigenvalue weighted by molar-refractivity contribution is 0.0996. The van der Waals surface area contributed by atoms with Crippen molar-refractivity contribution in [1.82, 2.24) is 4.31 Å². The van der Waals surface area contributed by atoms with Gasteiger partial charge in [-0.2, -0.15) is 4.31 Å². The van der Waals surface area contributed by atoms with E-state index in [1.807, 2.05) is 31.2 Å². The SMILES string of the molecule is C[C@@H]1CCCN1S(=O)(=O)c1ccc(N2Cc3ccccc3C2=O)cc1. The quantitative estimate of drug-likeness (QED) is 0.849. The van der Waals surface area contributed by atoms with Crippen LogP contribution in [-0.2, 0) is 16.6 Å². The van der Waals surface area contributed by atoms with Crippen LogP contribution in [0.25, 0.3) is 0 Å². The summed E-state index contributed by atoms with van der Waals surface area (Å²) in [5.74, 6) is -0.0422. The Kier molecular flexibility index (Phi) is 3.89. The molecule has 1 saturated heterocycles. The van der Waals surface area contributed by atoms with Crippen molar-refractivity contribution in [1.29, 1.82) is 0 Å². The first-order valence-electron chi connectivity index (χ1n) is 8.50. The third kappa shape index (κ3) is 2.65. The van der Waals surface area contributed by atoms with E-state index in [0.717, 1.165) is 24.1 Å². The lowest BCUT2D eigenvalue weighted by Gasteiger charge is -2.21. The van der Waals surface area contributed by atoms with E-state index in [2.05, 4.69) is 0 Å². The number of carbonyl (C=O) groups is 1. The maximum absolute atomic E-state index is 12.8. The molecule has 0 spiro atoms. The first-order chi connectivity index (χ1) is 12.0. The van der Waals surface area contributed by atoms with Crippen molar-refractivity contribution in [3.05, 3.63) is 59.7 Å². The van der Waals surface area contributed by atoms with Crippen molar-refractivity contribution in [2.24, 2.45) is 0 Å². The van der Waals surface area contributed by atoms with Crippen molar-refractivity contribution >= 4 is 21.6 Å². The van der Waals surface area contributed by atoms with E-state index in [0.29, 0.717) is 18.7 Å². The monoisotopic (exact) mass is 356 g/mol. The van der Waals surface area contributed by atoms with E-state index in [1.54, 1.807) is 33.5 Å². The molecule has 2 aliphatic heterocycles. The third-order valence-corrected chi connectivity index (χ3v) is 7.10. The standard InChI is InChI=1S/C19H20N2O3S/c1-14-5-4-12-21(14)25(23,24)17-10-8-16(9-11-17)20-13-15-6-2-3-7-18(15)19(20)22/h2-3,6-11,14H,4-5,12-13H2,1H3/t14-/m1/s1. The molecule has 0 saturated carbocycles. The van der Waals surface area contributed by atoms with Crippen LogP contribution in [0.1, 0.15) is 35.7 Å². The van der Waals surface area contributed by atoms with Crippen LogP contribution in [0.2, 0.25) is 0 Å². The lowest BCUT2D eigenvalue weighted by atomic mass is 10.1. The number of amides is 1. The van der Waals surface area contributed by atoms with Gasteiger partial charge >= 0.3 is 0 Å². The van der Waals surface area contributed by atoms with E-state index in [1.165, 1.54) is 0 Å². The van der Waals surface area contributed by atoms with E-state index < -0.39 is 10.0 Å². The van der Waals surface area contributed by atoms with Crippen LogP contribution < -0.4 is 4.90 Å². The van der Waals surface area contributed by atoms with E-state index in [-0.39, 0.29) is 16.8 Å². The van der Waals surface area contributed by atoms with Gasteiger partial charge in [0.1, 0.15) is 0 Å². The first-order valence-corrected chi connectivity index (χ1v) is 9.94. The molecule has 2 aromatic carbocycles. The fourth-order valence-corrected chi connectivity index (χ4v) is 5.36. The Bertz CT molecular complexity index is 922.